The van der Waals surface area contributed by atoms with Gasteiger partial charge in [0.05, 0.1) is 20.4 Å². The van der Waals surface area contributed by atoms with Gasteiger partial charge in [0, 0.05) is 0 Å². The van der Waals surface area contributed by atoms with Gasteiger partial charge in [-0.25, -0.2) is 4.98 Å². The van der Waals surface area contributed by atoms with Crippen molar-refractivity contribution < 1.29 is 14.6 Å². The van der Waals surface area contributed by atoms with Crippen molar-refractivity contribution in [3.63, 3.8) is 0 Å². The van der Waals surface area contributed by atoms with E-state index in [2.05, 4.69) is 16.9 Å². The van der Waals surface area contributed by atoms with Gasteiger partial charge in [0.25, 0.3) is 0 Å². The van der Waals surface area contributed by atoms with Crippen LogP contribution in [0.25, 0.3) is 0 Å². The Labute approximate surface area is 108 Å². The third kappa shape index (κ3) is 4.14. The molecule has 0 spiro atoms. The average Bonchev–Trinajstić information content (AvgIpc) is 2.42. The number of methoxy groups -OCH3 is 2. The summed E-state index contributed by atoms with van der Waals surface area (Å²) >= 11 is 0. The molecule has 0 aliphatic heterocycles. The first kappa shape index (κ1) is 14.7. The fourth-order valence-corrected chi connectivity index (χ4v) is 1.74. The van der Waals surface area contributed by atoms with E-state index < -0.39 is 6.10 Å². The summed E-state index contributed by atoms with van der Waals surface area (Å²) in [5.74, 6) is 0.714. The Bertz CT molecular complexity index is 358. The van der Waals surface area contributed by atoms with Gasteiger partial charge in [0.1, 0.15) is 11.8 Å². The van der Waals surface area contributed by atoms with Crippen LogP contribution in [-0.4, -0.2) is 29.3 Å². The van der Waals surface area contributed by atoms with Crippen molar-refractivity contribution >= 4 is 0 Å². The molecule has 0 amide bonds. The first-order valence-corrected chi connectivity index (χ1v) is 6.35. The number of aromatic nitrogens is 2. The van der Waals surface area contributed by atoms with Crippen LogP contribution in [0, 0.1) is 0 Å². The molecule has 0 saturated carbocycles. The third-order valence-electron chi connectivity index (χ3n) is 2.79. The zero-order valence-corrected chi connectivity index (χ0v) is 11.3. The Kier molecular flexibility index (Phi) is 6.43. The Balaban J connectivity index is 2.63. The maximum Gasteiger partial charge on any atom is 0.241 e. The summed E-state index contributed by atoms with van der Waals surface area (Å²) in [5.41, 5.74) is 0.481. The molecule has 1 N–H and O–H groups in total. The number of nitrogens with zero attached hydrogens (tertiary/aromatic N) is 2. The van der Waals surface area contributed by atoms with Crippen molar-refractivity contribution in [1.82, 2.24) is 9.97 Å². The molecule has 1 aromatic rings. The van der Waals surface area contributed by atoms with Crippen molar-refractivity contribution in [3.8, 4) is 11.8 Å². The smallest absolute Gasteiger partial charge is 0.241 e. The summed E-state index contributed by atoms with van der Waals surface area (Å²) in [6, 6.07) is 0. The first-order chi connectivity index (χ1) is 8.72. The zero-order valence-electron chi connectivity index (χ0n) is 11.3. The van der Waals surface area contributed by atoms with Crippen molar-refractivity contribution in [2.24, 2.45) is 0 Å². The quantitative estimate of drug-likeness (QED) is 0.722. The van der Waals surface area contributed by atoms with Gasteiger partial charge in [-0.15, -0.1) is 0 Å². The van der Waals surface area contributed by atoms with E-state index in [1.165, 1.54) is 33.3 Å². The molecular formula is C13H22N2O3. The number of aliphatic hydroxyl groups is 1. The van der Waals surface area contributed by atoms with E-state index in [0.29, 0.717) is 23.9 Å². The van der Waals surface area contributed by atoms with Crippen LogP contribution in [0.5, 0.6) is 11.8 Å². The molecule has 1 atom stereocenters. The van der Waals surface area contributed by atoms with E-state index >= 15 is 0 Å². The number of ether oxygens (including phenoxy) is 2. The molecule has 102 valence electrons. The SMILES string of the molecule is CCCCCCC(O)c1ncc(OC)nc1OC. The Morgan fingerprint density at radius 1 is 1.22 bits per heavy atom. The molecule has 5 heteroatoms. The van der Waals surface area contributed by atoms with Gasteiger partial charge in [0.15, 0.2) is 0 Å². The fourth-order valence-electron chi connectivity index (χ4n) is 1.74. The lowest BCUT2D eigenvalue weighted by molar-refractivity contribution is 0.152. The normalized spacial score (nSPS) is 12.2. The lowest BCUT2D eigenvalue weighted by atomic mass is 10.1. The van der Waals surface area contributed by atoms with Gasteiger partial charge >= 0.3 is 0 Å². The highest BCUT2D eigenvalue weighted by Gasteiger charge is 2.17. The van der Waals surface area contributed by atoms with Crippen LogP contribution in [0.2, 0.25) is 0 Å². The molecule has 5 nitrogen and oxygen atoms in total. The molecule has 1 rings (SSSR count). The van der Waals surface area contributed by atoms with Crippen LogP contribution < -0.4 is 9.47 Å². The summed E-state index contributed by atoms with van der Waals surface area (Å²) in [7, 11) is 3.03. The van der Waals surface area contributed by atoms with E-state index in [1.807, 2.05) is 0 Å². The van der Waals surface area contributed by atoms with Crippen molar-refractivity contribution in [1.29, 1.82) is 0 Å². The van der Waals surface area contributed by atoms with Gasteiger partial charge in [-0.05, 0) is 6.42 Å². The molecule has 1 aromatic heterocycles. The highest BCUT2D eigenvalue weighted by atomic mass is 16.5. The zero-order chi connectivity index (χ0) is 13.4. The summed E-state index contributed by atoms with van der Waals surface area (Å²) < 4.78 is 10.1. The van der Waals surface area contributed by atoms with Gasteiger partial charge in [-0.3, -0.25) is 0 Å². The van der Waals surface area contributed by atoms with E-state index in [4.69, 9.17) is 9.47 Å². The van der Waals surface area contributed by atoms with Crippen LogP contribution in [0.4, 0.5) is 0 Å². The van der Waals surface area contributed by atoms with Crippen LogP contribution in [-0.2, 0) is 0 Å². The predicted octanol–water partition coefficient (Wildman–Crippen LogP) is 2.50. The number of unbranched alkanes of at least 4 members (excludes halogenated alkanes) is 3. The summed E-state index contributed by atoms with van der Waals surface area (Å²) in [6.07, 6.45) is 6.02. The van der Waals surface area contributed by atoms with Crippen LogP contribution >= 0.6 is 0 Å². The predicted molar refractivity (Wildman–Crippen MR) is 68.9 cm³/mol. The van der Waals surface area contributed by atoms with E-state index in [0.717, 1.165) is 12.8 Å². The highest BCUT2D eigenvalue weighted by Crippen LogP contribution is 2.26. The molecule has 0 radical (unpaired) electrons. The minimum absolute atomic E-state index is 0.331. The van der Waals surface area contributed by atoms with Crippen molar-refractivity contribution in [3.05, 3.63) is 11.9 Å². The number of aliphatic hydroxyl groups excluding tert-OH is 1. The van der Waals surface area contributed by atoms with E-state index in [9.17, 15) is 5.11 Å². The maximum absolute atomic E-state index is 10.1. The molecule has 0 fully saturated rings. The molecule has 0 bridgehead atoms. The molecule has 0 aliphatic carbocycles. The molecule has 18 heavy (non-hydrogen) atoms. The number of hydrogen-bond acceptors (Lipinski definition) is 5. The molecule has 0 aromatic carbocycles. The molecule has 0 saturated heterocycles. The lowest BCUT2D eigenvalue weighted by Gasteiger charge is -2.13. The molecule has 1 heterocycles. The molecule has 0 aliphatic rings. The van der Waals surface area contributed by atoms with Gasteiger partial charge in [-0.2, -0.15) is 4.98 Å². The summed E-state index contributed by atoms with van der Waals surface area (Å²) in [5, 5.41) is 10.1. The van der Waals surface area contributed by atoms with Gasteiger partial charge in [0.2, 0.25) is 11.8 Å². The Morgan fingerprint density at radius 3 is 2.61 bits per heavy atom. The highest BCUT2D eigenvalue weighted by molar-refractivity contribution is 5.24. The average molecular weight is 254 g/mol. The second-order valence-corrected chi connectivity index (χ2v) is 4.17. The monoisotopic (exact) mass is 254 g/mol. The second kappa shape index (κ2) is 7.87. The minimum Gasteiger partial charge on any atom is -0.480 e. The number of rotatable bonds is 8. The Morgan fingerprint density at radius 2 is 2.00 bits per heavy atom. The first-order valence-electron chi connectivity index (χ1n) is 6.35. The molecular weight excluding hydrogens is 232 g/mol. The number of hydrogen-bond donors (Lipinski definition) is 1. The van der Waals surface area contributed by atoms with E-state index in [-0.39, 0.29) is 0 Å². The largest absolute Gasteiger partial charge is 0.480 e. The van der Waals surface area contributed by atoms with Crippen molar-refractivity contribution in [2.45, 2.75) is 45.1 Å². The summed E-state index contributed by atoms with van der Waals surface area (Å²) in [4.78, 5) is 8.26. The maximum atomic E-state index is 10.1. The van der Waals surface area contributed by atoms with Crippen molar-refractivity contribution in [2.75, 3.05) is 14.2 Å². The molecule has 1 unspecified atom stereocenters. The van der Waals surface area contributed by atoms with Gasteiger partial charge < -0.3 is 14.6 Å². The fraction of sp³-hybridized carbons (Fsp3) is 0.692. The lowest BCUT2D eigenvalue weighted by Crippen LogP contribution is -2.06. The standard InChI is InChI=1S/C13H22N2O3/c1-4-5-6-7-8-10(16)12-13(18-3)15-11(17-2)9-14-12/h9-10,16H,4-8H2,1-3H3. The van der Waals surface area contributed by atoms with Crippen LogP contribution in [0.3, 0.4) is 0 Å². The summed E-state index contributed by atoms with van der Waals surface area (Å²) in [6.45, 7) is 2.16. The van der Waals surface area contributed by atoms with Gasteiger partial charge in [-0.1, -0.05) is 32.6 Å². The van der Waals surface area contributed by atoms with Crippen LogP contribution in [0.1, 0.15) is 50.8 Å². The Hall–Kier alpha value is -1.36. The van der Waals surface area contributed by atoms with Crippen LogP contribution in [0.15, 0.2) is 6.20 Å². The topological polar surface area (TPSA) is 64.5 Å². The third-order valence-corrected chi connectivity index (χ3v) is 2.79. The minimum atomic E-state index is -0.629. The second-order valence-electron chi connectivity index (χ2n) is 4.17. The van der Waals surface area contributed by atoms with E-state index in [1.54, 1.807) is 0 Å².